The standard InChI is InChI=1S/C18H23N5O2/c1-11-19-17(25-22-11)15-5-3-4-6-16(15)21-18(24)20-12-9-13-7-8-14(10-12)23(13)2/h3-6,12-14H,7-10H2,1-2H3,(H2,20,21,24)/t12-,13+,14-. The molecule has 2 aromatic rings. The number of urea groups is 1. The Balaban J connectivity index is 1.43. The molecule has 2 aliphatic rings. The minimum absolute atomic E-state index is 0.183. The molecule has 4 rings (SSSR count). The fourth-order valence-electron chi connectivity index (χ4n) is 4.06. The normalized spacial score (nSPS) is 25.8. The Morgan fingerprint density at radius 3 is 2.64 bits per heavy atom. The van der Waals surface area contributed by atoms with E-state index in [2.05, 4.69) is 32.7 Å². The third kappa shape index (κ3) is 3.24. The van der Waals surface area contributed by atoms with Gasteiger partial charge in [-0.05, 0) is 51.8 Å². The molecule has 2 bridgehead atoms. The zero-order valence-corrected chi connectivity index (χ0v) is 14.5. The van der Waals surface area contributed by atoms with Crippen molar-refractivity contribution in [1.29, 1.82) is 0 Å². The zero-order chi connectivity index (χ0) is 17.4. The molecule has 25 heavy (non-hydrogen) atoms. The molecule has 7 nitrogen and oxygen atoms in total. The second kappa shape index (κ2) is 6.48. The van der Waals surface area contributed by atoms with Gasteiger partial charge in [0.15, 0.2) is 5.82 Å². The van der Waals surface area contributed by atoms with E-state index in [0.717, 1.165) is 18.4 Å². The molecule has 2 fully saturated rings. The summed E-state index contributed by atoms with van der Waals surface area (Å²) < 4.78 is 5.23. The van der Waals surface area contributed by atoms with E-state index in [9.17, 15) is 4.79 Å². The first kappa shape index (κ1) is 16.1. The molecule has 2 amide bonds. The monoisotopic (exact) mass is 341 g/mol. The third-order valence-electron chi connectivity index (χ3n) is 5.37. The highest BCUT2D eigenvalue weighted by molar-refractivity contribution is 5.93. The van der Waals surface area contributed by atoms with Gasteiger partial charge in [0.1, 0.15) is 0 Å². The number of para-hydroxylation sites is 1. The van der Waals surface area contributed by atoms with Crippen LogP contribution in [0, 0.1) is 6.92 Å². The molecule has 2 saturated heterocycles. The molecule has 3 atom stereocenters. The van der Waals surface area contributed by atoms with E-state index in [1.165, 1.54) is 12.8 Å². The van der Waals surface area contributed by atoms with Crippen molar-refractivity contribution in [3.8, 4) is 11.5 Å². The number of carbonyl (C=O) groups is 1. The van der Waals surface area contributed by atoms with E-state index in [4.69, 9.17) is 4.52 Å². The highest BCUT2D eigenvalue weighted by atomic mass is 16.5. The summed E-state index contributed by atoms with van der Waals surface area (Å²) in [6.45, 7) is 1.77. The molecule has 0 unspecified atom stereocenters. The van der Waals surface area contributed by atoms with Gasteiger partial charge < -0.3 is 20.1 Å². The first-order valence-corrected chi connectivity index (χ1v) is 8.79. The maximum Gasteiger partial charge on any atom is 0.319 e. The van der Waals surface area contributed by atoms with E-state index in [-0.39, 0.29) is 12.1 Å². The number of piperidine rings is 1. The van der Waals surface area contributed by atoms with Gasteiger partial charge in [-0.1, -0.05) is 17.3 Å². The van der Waals surface area contributed by atoms with Crippen molar-refractivity contribution in [3.05, 3.63) is 30.1 Å². The summed E-state index contributed by atoms with van der Waals surface area (Å²) in [5.74, 6) is 0.974. The van der Waals surface area contributed by atoms with Gasteiger partial charge in [-0.25, -0.2) is 4.79 Å². The second-order valence-electron chi connectivity index (χ2n) is 7.01. The van der Waals surface area contributed by atoms with Crippen LogP contribution in [0.25, 0.3) is 11.5 Å². The summed E-state index contributed by atoms with van der Waals surface area (Å²) in [5, 5.41) is 9.88. The van der Waals surface area contributed by atoms with E-state index in [1.807, 2.05) is 24.3 Å². The largest absolute Gasteiger partial charge is 0.335 e. The van der Waals surface area contributed by atoms with Crippen molar-refractivity contribution in [2.24, 2.45) is 0 Å². The number of hydrogen-bond acceptors (Lipinski definition) is 5. The third-order valence-corrected chi connectivity index (χ3v) is 5.37. The van der Waals surface area contributed by atoms with Crippen molar-refractivity contribution in [2.75, 3.05) is 12.4 Å². The van der Waals surface area contributed by atoms with Gasteiger partial charge in [0.25, 0.3) is 5.89 Å². The van der Waals surface area contributed by atoms with E-state index in [1.54, 1.807) is 6.92 Å². The van der Waals surface area contributed by atoms with Crippen LogP contribution in [0.15, 0.2) is 28.8 Å². The predicted molar refractivity (Wildman–Crippen MR) is 94.2 cm³/mol. The number of nitrogens with one attached hydrogen (secondary N) is 2. The smallest absolute Gasteiger partial charge is 0.319 e. The number of carbonyl (C=O) groups excluding carboxylic acids is 1. The Morgan fingerprint density at radius 1 is 1.24 bits per heavy atom. The van der Waals surface area contributed by atoms with Crippen LogP contribution in [0.4, 0.5) is 10.5 Å². The van der Waals surface area contributed by atoms with Gasteiger partial charge in [-0.3, -0.25) is 0 Å². The van der Waals surface area contributed by atoms with Crippen molar-refractivity contribution >= 4 is 11.7 Å². The average molecular weight is 341 g/mol. The molecular formula is C18H23N5O2. The lowest BCUT2D eigenvalue weighted by atomic mass is 9.98. The second-order valence-corrected chi connectivity index (χ2v) is 7.01. The maximum atomic E-state index is 12.5. The Hall–Kier alpha value is -2.41. The van der Waals surface area contributed by atoms with Crippen molar-refractivity contribution in [2.45, 2.75) is 50.7 Å². The summed E-state index contributed by atoms with van der Waals surface area (Å²) in [6, 6.07) is 8.69. The number of fused-ring (bicyclic) bond motifs is 2. The molecule has 2 aliphatic heterocycles. The molecule has 3 heterocycles. The SMILES string of the molecule is Cc1noc(-c2ccccc2NC(=O)N[C@H]2C[C@H]3CC[C@@H](C2)N3C)n1. The average Bonchev–Trinajstić information content (AvgIpc) is 3.08. The van der Waals surface area contributed by atoms with Gasteiger partial charge in [-0.15, -0.1) is 0 Å². The van der Waals surface area contributed by atoms with Gasteiger partial charge in [0.05, 0.1) is 11.3 Å². The van der Waals surface area contributed by atoms with Gasteiger partial charge in [-0.2, -0.15) is 4.98 Å². The summed E-state index contributed by atoms with van der Waals surface area (Å²) in [7, 11) is 2.20. The van der Waals surface area contributed by atoms with Crippen molar-refractivity contribution in [1.82, 2.24) is 20.4 Å². The minimum atomic E-state index is -0.183. The molecule has 7 heteroatoms. The van der Waals surface area contributed by atoms with Crippen LogP contribution in [-0.2, 0) is 0 Å². The quantitative estimate of drug-likeness (QED) is 0.897. The Morgan fingerprint density at radius 2 is 1.96 bits per heavy atom. The van der Waals surface area contributed by atoms with Crippen LogP contribution in [0.2, 0.25) is 0 Å². The van der Waals surface area contributed by atoms with Crippen LogP contribution in [0.5, 0.6) is 0 Å². The Bertz CT molecular complexity index is 760. The Labute approximate surface area is 146 Å². The van der Waals surface area contributed by atoms with Gasteiger partial charge in [0, 0.05) is 18.1 Å². The van der Waals surface area contributed by atoms with Gasteiger partial charge in [0.2, 0.25) is 0 Å². The number of nitrogens with zero attached hydrogens (tertiary/aromatic N) is 3. The van der Waals surface area contributed by atoms with Crippen molar-refractivity contribution < 1.29 is 9.32 Å². The van der Waals surface area contributed by atoms with Crippen LogP contribution in [0.3, 0.4) is 0 Å². The van der Waals surface area contributed by atoms with Crippen molar-refractivity contribution in [3.63, 3.8) is 0 Å². The molecule has 0 aliphatic carbocycles. The lowest BCUT2D eigenvalue weighted by molar-refractivity contribution is 0.151. The summed E-state index contributed by atoms with van der Waals surface area (Å²) >= 11 is 0. The summed E-state index contributed by atoms with van der Waals surface area (Å²) in [4.78, 5) is 19.2. The van der Waals surface area contributed by atoms with Crippen LogP contribution in [0.1, 0.15) is 31.5 Å². The molecule has 0 radical (unpaired) electrons. The number of aromatic nitrogens is 2. The fourth-order valence-corrected chi connectivity index (χ4v) is 4.06. The molecular weight excluding hydrogens is 318 g/mol. The number of anilines is 1. The van der Waals surface area contributed by atoms with Gasteiger partial charge >= 0.3 is 6.03 Å². The maximum absolute atomic E-state index is 12.5. The molecule has 1 aromatic heterocycles. The van der Waals surface area contributed by atoms with Crippen LogP contribution >= 0.6 is 0 Å². The lowest BCUT2D eigenvalue weighted by Crippen LogP contribution is -2.49. The molecule has 0 spiro atoms. The molecule has 132 valence electrons. The number of rotatable bonds is 3. The topological polar surface area (TPSA) is 83.3 Å². The lowest BCUT2D eigenvalue weighted by Gasteiger charge is -2.36. The number of aryl methyl sites for hydroxylation is 1. The van der Waals surface area contributed by atoms with E-state index < -0.39 is 0 Å². The first-order chi connectivity index (χ1) is 12.1. The highest BCUT2D eigenvalue weighted by Gasteiger charge is 2.38. The number of amides is 2. The minimum Gasteiger partial charge on any atom is -0.335 e. The number of benzene rings is 1. The fraction of sp³-hybridized carbons (Fsp3) is 0.500. The van der Waals surface area contributed by atoms with Crippen LogP contribution in [-0.4, -0.2) is 46.2 Å². The predicted octanol–water partition coefficient (Wildman–Crippen LogP) is 2.79. The Kier molecular flexibility index (Phi) is 4.17. The first-order valence-electron chi connectivity index (χ1n) is 8.79. The highest BCUT2D eigenvalue weighted by Crippen LogP contribution is 2.34. The zero-order valence-electron chi connectivity index (χ0n) is 14.5. The van der Waals surface area contributed by atoms with Crippen LogP contribution < -0.4 is 10.6 Å². The molecule has 1 aromatic carbocycles. The molecule has 0 saturated carbocycles. The molecule has 2 N–H and O–H groups in total. The van der Waals surface area contributed by atoms with E-state index >= 15 is 0 Å². The van der Waals surface area contributed by atoms with E-state index in [0.29, 0.717) is 29.5 Å². The summed E-state index contributed by atoms with van der Waals surface area (Å²) in [5.41, 5.74) is 1.39. The summed E-state index contributed by atoms with van der Waals surface area (Å²) in [6.07, 6.45) is 4.51. The number of hydrogen-bond donors (Lipinski definition) is 2.